The van der Waals surface area contributed by atoms with Gasteiger partial charge in [-0.15, -0.1) is 11.8 Å². The van der Waals surface area contributed by atoms with E-state index in [2.05, 4.69) is 16.0 Å². The van der Waals surface area contributed by atoms with E-state index in [4.69, 9.17) is 4.74 Å². The number of phenolic OH excluding ortho intramolecular Hbond substituents is 1. The summed E-state index contributed by atoms with van der Waals surface area (Å²) in [6.07, 6.45) is 2.08. The number of carbonyl (C=O) groups excluding carboxylic acids is 3. The van der Waals surface area contributed by atoms with Crippen molar-refractivity contribution in [1.29, 1.82) is 0 Å². The zero-order valence-electron chi connectivity index (χ0n) is 24.1. The number of amides is 3. The average molecular weight is 596 g/mol. The van der Waals surface area contributed by atoms with Crippen LogP contribution in [0.2, 0.25) is 0 Å². The fourth-order valence-electron chi connectivity index (χ4n) is 4.11. The van der Waals surface area contributed by atoms with Crippen molar-refractivity contribution in [3.63, 3.8) is 0 Å². The van der Waals surface area contributed by atoms with Crippen molar-refractivity contribution in [2.75, 3.05) is 17.7 Å². The lowest BCUT2D eigenvalue weighted by Gasteiger charge is -2.16. The van der Waals surface area contributed by atoms with Crippen molar-refractivity contribution < 1.29 is 24.2 Å². The molecule has 1 atom stereocenters. The minimum absolute atomic E-state index is 0.000526. The van der Waals surface area contributed by atoms with Crippen LogP contribution < -0.4 is 20.7 Å². The largest absolute Gasteiger partial charge is 0.508 e. The second kappa shape index (κ2) is 14.7. The number of methoxy groups -OCH3 is 1. The molecular weight excluding hydrogens is 562 g/mol. The number of hydrogen-bond donors (Lipinski definition) is 4. The van der Waals surface area contributed by atoms with E-state index in [9.17, 15) is 19.5 Å². The van der Waals surface area contributed by atoms with Gasteiger partial charge in [-0.25, -0.2) is 0 Å². The molecule has 0 aliphatic carbocycles. The zero-order valence-corrected chi connectivity index (χ0v) is 24.9. The van der Waals surface area contributed by atoms with E-state index in [1.807, 2.05) is 44.2 Å². The summed E-state index contributed by atoms with van der Waals surface area (Å²) in [5.41, 5.74) is 3.16. The minimum Gasteiger partial charge on any atom is -0.508 e. The van der Waals surface area contributed by atoms with Crippen molar-refractivity contribution in [3.05, 3.63) is 119 Å². The molecule has 4 rings (SSSR count). The molecule has 1 unspecified atom stereocenters. The van der Waals surface area contributed by atoms with Crippen LogP contribution in [-0.4, -0.2) is 35.2 Å². The Labute approximate surface area is 255 Å². The Morgan fingerprint density at radius 3 is 2.33 bits per heavy atom. The second-order valence-corrected chi connectivity index (χ2v) is 10.9. The lowest BCUT2D eigenvalue weighted by atomic mass is 10.1. The summed E-state index contributed by atoms with van der Waals surface area (Å²) in [5, 5.41) is 18.0. The van der Waals surface area contributed by atoms with Crippen LogP contribution in [0.1, 0.15) is 34.8 Å². The lowest BCUT2D eigenvalue weighted by molar-refractivity contribution is -0.116. The number of aryl methyl sites for hydroxylation is 1. The number of carbonyl (C=O) groups is 3. The number of hydrogen-bond acceptors (Lipinski definition) is 6. The Hall–Kier alpha value is -5.02. The number of anilines is 2. The maximum atomic E-state index is 13.5. The van der Waals surface area contributed by atoms with Gasteiger partial charge in [0.25, 0.3) is 11.8 Å². The molecule has 220 valence electrons. The highest BCUT2D eigenvalue weighted by Gasteiger charge is 2.20. The molecule has 0 bridgehead atoms. The molecular formula is C34H33N3O5S. The molecule has 4 aromatic carbocycles. The molecule has 8 nitrogen and oxygen atoms in total. The molecule has 3 amide bonds. The highest BCUT2D eigenvalue weighted by molar-refractivity contribution is 8.00. The quantitative estimate of drug-likeness (QED) is 0.114. The van der Waals surface area contributed by atoms with Crippen LogP contribution in [0.3, 0.4) is 0 Å². The van der Waals surface area contributed by atoms with Gasteiger partial charge in [0.2, 0.25) is 5.91 Å². The molecule has 43 heavy (non-hydrogen) atoms. The standard InChI is InChI=1S/C34H33N3O5S/c1-4-31(34(41)35-25-16-13-22(2)14-17-25)43-28-12-8-11-26(20-28)36-33(40)29(37-32(39)23-9-6-5-7-10-23)19-24-15-18-27(38)21-30(24)42-3/h5-21,31,38H,4H2,1-3H3,(H,35,41)(H,36,40)(H,37,39)/b29-19+. The molecule has 0 radical (unpaired) electrons. The lowest BCUT2D eigenvalue weighted by Crippen LogP contribution is -2.30. The van der Waals surface area contributed by atoms with Gasteiger partial charge < -0.3 is 25.8 Å². The predicted molar refractivity (Wildman–Crippen MR) is 171 cm³/mol. The first-order chi connectivity index (χ1) is 20.7. The highest BCUT2D eigenvalue weighted by atomic mass is 32.2. The zero-order chi connectivity index (χ0) is 30.8. The van der Waals surface area contributed by atoms with Gasteiger partial charge in [0, 0.05) is 33.5 Å². The van der Waals surface area contributed by atoms with Crippen molar-refractivity contribution in [2.24, 2.45) is 0 Å². The molecule has 0 heterocycles. The van der Waals surface area contributed by atoms with Crippen molar-refractivity contribution in [3.8, 4) is 11.5 Å². The fraction of sp³-hybridized carbons (Fsp3) is 0.147. The van der Waals surface area contributed by atoms with Crippen molar-refractivity contribution in [1.82, 2.24) is 5.32 Å². The molecule has 0 spiro atoms. The Kier molecular flexibility index (Phi) is 10.6. The van der Waals surface area contributed by atoms with Gasteiger partial charge in [-0.2, -0.15) is 0 Å². The highest BCUT2D eigenvalue weighted by Crippen LogP contribution is 2.29. The van der Waals surface area contributed by atoms with E-state index in [1.165, 1.54) is 37.1 Å². The first kappa shape index (κ1) is 30.9. The smallest absolute Gasteiger partial charge is 0.272 e. The Morgan fingerprint density at radius 1 is 0.884 bits per heavy atom. The maximum Gasteiger partial charge on any atom is 0.272 e. The van der Waals surface area contributed by atoms with Gasteiger partial charge in [0.05, 0.1) is 12.4 Å². The van der Waals surface area contributed by atoms with E-state index in [1.54, 1.807) is 54.6 Å². The molecule has 9 heteroatoms. The van der Waals surface area contributed by atoms with Crippen molar-refractivity contribution >= 4 is 46.9 Å². The number of ether oxygens (including phenoxy) is 1. The number of nitrogens with one attached hydrogen (secondary N) is 3. The third-order valence-electron chi connectivity index (χ3n) is 6.40. The number of thioether (sulfide) groups is 1. The normalized spacial score (nSPS) is 11.7. The van der Waals surface area contributed by atoms with Crippen LogP contribution in [-0.2, 0) is 9.59 Å². The topological polar surface area (TPSA) is 117 Å². The summed E-state index contributed by atoms with van der Waals surface area (Å²) in [7, 11) is 1.45. The second-order valence-electron chi connectivity index (χ2n) is 9.66. The molecule has 4 aromatic rings. The van der Waals surface area contributed by atoms with Crippen LogP contribution >= 0.6 is 11.8 Å². The van der Waals surface area contributed by atoms with Gasteiger partial charge in [-0.1, -0.05) is 48.9 Å². The monoisotopic (exact) mass is 595 g/mol. The Morgan fingerprint density at radius 2 is 1.63 bits per heavy atom. The first-order valence-corrected chi connectivity index (χ1v) is 14.5. The van der Waals surface area contributed by atoms with Gasteiger partial charge in [-0.05, 0) is 74.0 Å². The molecule has 0 fully saturated rings. The molecule has 0 aliphatic rings. The summed E-state index contributed by atoms with van der Waals surface area (Å²) in [4.78, 5) is 40.3. The van der Waals surface area contributed by atoms with Crippen molar-refractivity contribution in [2.45, 2.75) is 30.4 Å². The minimum atomic E-state index is -0.564. The molecule has 0 saturated heterocycles. The fourth-order valence-corrected chi connectivity index (χ4v) is 5.12. The summed E-state index contributed by atoms with van der Waals surface area (Å²) in [6, 6.07) is 27.8. The van der Waals surface area contributed by atoms with E-state index in [0.717, 1.165) is 16.1 Å². The third kappa shape index (κ3) is 8.73. The molecule has 0 aliphatic heterocycles. The Balaban J connectivity index is 1.53. The SMILES string of the molecule is CCC(Sc1cccc(NC(=O)/C(=C\c2ccc(O)cc2OC)NC(=O)c2ccccc2)c1)C(=O)Nc1ccc(C)cc1. The number of phenols is 1. The van der Waals surface area contributed by atoms with Crippen LogP contribution in [0.5, 0.6) is 11.5 Å². The number of aromatic hydroxyl groups is 1. The Bertz CT molecular complexity index is 1620. The maximum absolute atomic E-state index is 13.5. The van der Waals surface area contributed by atoms with Gasteiger partial charge >= 0.3 is 0 Å². The average Bonchev–Trinajstić information content (AvgIpc) is 3.01. The van der Waals surface area contributed by atoms with E-state index < -0.39 is 11.8 Å². The summed E-state index contributed by atoms with van der Waals surface area (Å²) in [5.74, 6) is -0.810. The van der Waals surface area contributed by atoms with Gasteiger partial charge in [0.1, 0.15) is 17.2 Å². The van der Waals surface area contributed by atoms with E-state index >= 15 is 0 Å². The summed E-state index contributed by atoms with van der Waals surface area (Å²) < 4.78 is 5.36. The van der Waals surface area contributed by atoms with Gasteiger partial charge in [0.15, 0.2) is 0 Å². The van der Waals surface area contributed by atoms with Crippen LogP contribution in [0.15, 0.2) is 108 Å². The number of rotatable bonds is 11. The molecule has 0 saturated carbocycles. The molecule has 0 aromatic heterocycles. The van der Waals surface area contributed by atoms with Crippen LogP contribution in [0, 0.1) is 6.92 Å². The van der Waals surface area contributed by atoms with E-state index in [0.29, 0.717) is 29.0 Å². The first-order valence-electron chi connectivity index (χ1n) is 13.7. The summed E-state index contributed by atoms with van der Waals surface area (Å²) in [6.45, 7) is 3.93. The van der Waals surface area contributed by atoms with Gasteiger partial charge in [-0.3, -0.25) is 14.4 Å². The van der Waals surface area contributed by atoms with Crippen LogP contribution in [0.25, 0.3) is 6.08 Å². The third-order valence-corrected chi connectivity index (χ3v) is 7.76. The predicted octanol–water partition coefficient (Wildman–Crippen LogP) is 6.63. The molecule has 4 N–H and O–H groups in total. The summed E-state index contributed by atoms with van der Waals surface area (Å²) >= 11 is 1.40. The number of benzene rings is 4. The van der Waals surface area contributed by atoms with Crippen LogP contribution in [0.4, 0.5) is 11.4 Å². The van der Waals surface area contributed by atoms with E-state index in [-0.39, 0.29) is 22.6 Å².